The molecule has 0 aliphatic heterocycles. The minimum atomic E-state index is -0.831. The fraction of sp³-hybridized carbons (Fsp3) is 0.227. The lowest BCUT2D eigenvalue weighted by Crippen LogP contribution is -2.17. The number of aromatic nitrogens is 1. The average molecular weight is 507 g/mol. The predicted molar refractivity (Wildman–Crippen MR) is 129 cm³/mol. The standard InChI is InChI=1S/C22H21BrClN3O2S/c1-25-4-5-26-19-9-16(24)8-18-14(12-30-22(18)19)11-27-10-13(6-21(28)29)17-3-2-15(23)7-20(17)27/h2-3,7-10,12,25-26H,4-6,11H2,1H3,(H,28,29). The van der Waals surface area contributed by atoms with Gasteiger partial charge >= 0.3 is 5.97 Å². The Hall–Kier alpha value is -2.06. The van der Waals surface area contributed by atoms with Crippen molar-refractivity contribution < 1.29 is 9.90 Å². The monoisotopic (exact) mass is 505 g/mol. The van der Waals surface area contributed by atoms with Crippen LogP contribution in [0, 0.1) is 0 Å². The zero-order valence-corrected chi connectivity index (χ0v) is 19.5. The molecule has 5 nitrogen and oxygen atoms in total. The number of halogens is 2. The van der Waals surface area contributed by atoms with Crippen LogP contribution < -0.4 is 10.6 Å². The summed E-state index contributed by atoms with van der Waals surface area (Å²) in [5.41, 5.74) is 4.02. The van der Waals surface area contributed by atoms with Gasteiger partial charge < -0.3 is 20.3 Å². The van der Waals surface area contributed by atoms with E-state index >= 15 is 0 Å². The summed E-state index contributed by atoms with van der Waals surface area (Å²) in [6, 6.07) is 9.92. The van der Waals surface area contributed by atoms with Crippen molar-refractivity contribution in [2.24, 2.45) is 0 Å². The quantitative estimate of drug-likeness (QED) is 0.273. The van der Waals surface area contributed by atoms with Gasteiger partial charge in [0.15, 0.2) is 0 Å². The third-order valence-corrected chi connectivity index (χ3v) is 6.81. The topological polar surface area (TPSA) is 66.3 Å². The summed E-state index contributed by atoms with van der Waals surface area (Å²) >= 11 is 11.6. The molecule has 0 saturated carbocycles. The molecule has 0 aliphatic carbocycles. The number of nitrogens with one attached hydrogen (secondary N) is 2. The fourth-order valence-corrected chi connectivity index (χ4v) is 5.29. The first kappa shape index (κ1) is 21.2. The second kappa shape index (κ2) is 8.98. The van der Waals surface area contributed by atoms with Gasteiger partial charge in [-0.1, -0.05) is 33.6 Å². The van der Waals surface area contributed by atoms with Crippen molar-refractivity contribution in [2.75, 3.05) is 25.5 Å². The molecule has 0 saturated heterocycles. The highest BCUT2D eigenvalue weighted by atomic mass is 79.9. The highest BCUT2D eigenvalue weighted by molar-refractivity contribution is 9.10. The van der Waals surface area contributed by atoms with Crippen LogP contribution in [0.1, 0.15) is 11.1 Å². The Kier molecular flexibility index (Phi) is 6.34. The molecule has 0 fully saturated rings. The SMILES string of the molecule is CNCCNc1cc(Cl)cc2c(Cn3cc(CC(=O)O)c4ccc(Br)cc43)csc12. The molecule has 8 heteroatoms. The molecular formula is C22H21BrClN3O2S. The zero-order chi connectivity index (χ0) is 21.3. The number of nitrogens with zero attached hydrogens (tertiary/aromatic N) is 1. The van der Waals surface area contributed by atoms with Crippen LogP contribution in [0.15, 0.2) is 46.4 Å². The van der Waals surface area contributed by atoms with Gasteiger partial charge in [-0.15, -0.1) is 11.3 Å². The maximum Gasteiger partial charge on any atom is 0.307 e. The second-order valence-electron chi connectivity index (χ2n) is 7.14. The minimum Gasteiger partial charge on any atom is -0.481 e. The van der Waals surface area contributed by atoms with E-state index in [1.54, 1.807) is 11.3 Å². The molecule has 0 amide bonds. The summed E-state index contributed by atoms with van der Waals surface area (Å²) in [5, 5.41) is 20.8. The number of rotatable bonds is 8. The number of carbonyl (C=O) groups is 1. The van der Waals surface area contributed by atoms with Gasteiger partial charge in [0.2, 0.25) is 0 Å². The maximum absolute atomic E-state index is 11.3. The molecule has 2 heterocycles. The summed E-state index contributed by atoms with van der Waals surface area (Å²) in [4.78, 5) is 11.3. The molecule has 0 atom stereocenters. The molecule has 0 radical (unpaired) electrons. The molecule has 3 N–H and O–H groups in total. The maximum atomic E-state index is 11.3. The first-order valence-electron chi connectivity index (χ1n) is 9.53. The highest BCUT2D eigenvalue weighted by Gasteiger charge is 2.15. The van der Waals surface area contributed by atoms with Crippen molar-refractivity contribution >= 4 is 71.5 Å². The van der Waals surface area contributed by atoms with Gasteiger partial charge in [-0.2, -0.15) is 0 Å². The van der Waals surface area contributed by atoms with Crippen LogP contribution in [0.5, 0.6) is 0 Å². The lowest BCUT2D eigenvalue weighted by molar-refractivity contribution is -0.136. The van der Waals surface area contributed by atoms with E-state index in [4.69, 9.17) is 11.6 Å². The zero-order valence-electron chi connectivity index (χ0n) is 16.3. The van der Waals surface area contributed by atoms with E-state index in [2.05, 4.69) is 36.5 Å². The normalized spacial score (nSPS) is 11.4. The number of hydrogen-bond acceptors (Lipinski definition) is 4. The number of carboxylic acids is 1. The summed E-state index contributed by atoms with van der Waals surface area (Å²) in [6.07, 6.45) is 1.95. The van der Waals surface area contributed by atoms with Gasteiger partial charge in [-0.05, 0) is 47.8 Å². The average Bonchev–Trinajstić information content (AvgIpc) is 3.23. The summed E-state index contributed by atoms with van der Waals surface area (Å²) in [6.45, 7) is 2.32. The Morgan fingerprint density at radius 3 is 2.80 bits per heavy atom. The first-order chi connectivity index (χ1) is 14.5. The largest absolute Gasteiger partial charge is 0.481 e. The van der Waals surface area contributed by atoms with E-state index in [9.17, 15) is 9.90 Å². The van der Waals surface area contributed by atoms with E-state index < -0.39 is 5.97 Å². The number of carboxylic acid groups (broad SMARTS) is 1. The van der Waals surface area contributed by atoms with Crippen molar-refractivity contribution in [1.29, 1.82) is 0 Å². The Bertz CT molecular complexity index is 1230. The molecule has 4 rings (SSSR count). The smallest absolute Gasteiger partial charge is 0.307 e. The van der Waals surface area contributed by atoms with Gasteiger partial charge in [0.05, 0.1) is 16.8 Å². The summed E-state index contributed by atoms with van der Waals surface area (Å²) in [5.74, 6) is -0.831. The number of fused-ring (bicyclic) bond motifs is 2. The molecule has 2 aromatic heterocycles. The first-order valence-corrected chi connectivity index (χ1v) is 11.6. The highest BCUT2D eigenvalue weighted by Crippen LogP contribution is 2.36. The van der Waals surface area contributed by atoms with Crippen molar-refractivity contribution in [1.82, 2.24) is 9.88 Å². The minimum absolute atomic E-state index is 0.000870. The van der Waals surface area contributed by atoms with Gasteiger partial charge in [-0.3, -0.25) is 4.79 Å². The number of hydrogen-bond donors (Lipinski definition) is 3. The van der Waals surface area contributed by atoms with E-state index in [0.29, 0.717) is 11.6 Å². The van der Waals surface area contributed by atoms with Gasteiger partial charge in [0.1, 0.15) is 0 Å². The molecule has 0 unspecified atom stereocenters. The van der Waals surface area contributed by atoms with Crippen LogP contribution in [0.4, 0.5) is 5.69 Å². The molecular weight excluding hydrogens is 486 g/mol. The Labute approximate surface area is 191 Å². The molecule has 156 valence electrons. The Morgan fingerprint density at radius 2 is 2.03 bits per heavy atom. The third-order valence-electron chi connectivity index (χ3n) is 5.02. The van der Waals surface area contributed by atoms with Crippen molar-refractivity contribution in [3.05, 3.63) is 62.5 Å². The fourth-order valence-electron chi connectivity index (χ4n) is 3.69. The number of benzene rings is 2. The number of thiophene rings is 1. The van der Waals surface area contributed by atoms with Crippen molar-refractivity contribution in [2.45, 2.75) is 13.0 Å². The molecule has 30 heavy (non-hydrogen) atoms. The van der Waals surface area contributed by atoms with Crippen molar-refractivity contribution in [3.63, 3.8) is 0 Å². The van der Waals surface area contributed by atoms with Gasteiger partial charge in [0, 0.05) is 51.6 Å². The Morgan fingerprint density at radius 1 is 1.20 bits per heavy atom. The van der Waals surface area contributed by atoms with Crippen LogP contribution in [0.25, 0.3) is 21.0 Å². The van der Waals surface area contributed by atoms with Crippen LogP contribution in [0.2, 0.25) is 5.02 Å². The second-order valence-corrected chi connectivity index (χ2v) is 9.37. The molecule has 0 spiro atoms. The lowest BCUT2D eigenvalue weighted by atomic mass is 10.1. The molecule has 0 aliphatic rings. The van der Waals surface area contributed by atoms with Gasteiger partial charge in [0.25, 0.3) is 0 Å². The van der Waals surface area contributed by atoms with E-state index in [1.807, 2.05) is 43.6 Å². The van der Waals surface area contributed by atoms with E-state index in [-0.39, 0.29) is 6.42 Å². The van der Waals surface area contributed by atoms with Crippen LogP contribution in [0.3, 0.4) is 0 Å². The summed E-state index contributed by atoms with van der Waals surface area (Å²) in [7, 11) is 1.93. The van der Waals surface area contributed by atoms with Crippen molar-refractivity contribution in [3.8, 4) is 0 Å². The number of aliphatic carboxylic acids is 1. The predicted octanol–water partition coefficient (Wildman–Crippen LogP) is 5.58. The van der Waals surface area contributed by atoms with Crippen LogP contribution in [-0.4, -0.2) is 35.8 Å². The van der Waals surface area contributed by atoms with Crippen LogP contribution in [-0.2, 0) is 17.8 Å². The molecule has 2 aromatic carbocycles. The Balaban J connectivity index is 1.75. The molecule has 0 bridgehead atoms. The number of anilines is 1. The number of likely N-dealkylation sites (N-methyl/N-ethyl adjacent to an activating group) is 1. The van der Waals surface area contributed by atoms with E-state index in [0.717, 1.165) is 50.7 Å². The lowest BCUT2D eigenvalue weighted by Gasteiger charge is -2.09. The summed E-state index contributed by atoms with van der Waals surface area (Å²) < 4.78 is 4.26. The van der Waals surface area contributed by atoms with E-state index in [1.165, 1.54) is 4.70 Å². The van der Waals surface area contributed by atoms with Gasteiger partial charge in [-0.25, -0.2) is 0 Å². The third kappa shape index (κ3) is 4.34. The molecule has 4 aromatic rings. The van der Waals surface area contributed by atoms with Crippen LogP contribution >= 0.6 is 38.9 Å².